The van der Waals surface area contributed by atoms with Crippen LogP contribution in [0.1, 0.15) is 5.56 Å². The summed E-state index contributed by atoms with van der Waals surface area (Å²) in [6, 6.07) is 5.64. The first-order chi connectivity index (χ1) is 6.19. The van der Waals surface area contributed by atoms with Crippen LogP contribution in [0.25, 0.3) is 5.76 Å². The van der Waals surface area contributed by atoms with E-state index in [0.717, 1.165) is 15.8 Å². The van der Waals surface area contributed by atoms with E-state index >= 15 is 0 Å². The molecule has 2 nitrogen and oxygen atoms in total. The van der Waals surface area contributed by atoms with Crippen LogP contribution in [0.3, 0.4) is 0 Å². The minimum Gasteiger partial charge on any atom is -0.497 e. The molecule has 0 unspecified atom stereocenters. The molecule has 0 N–H and O–H groups in total. The van der Waals surface area contributed by atoms with Crippen molar-refractivity contribution in [1.29, 1.82) is 0 Å². The lowest BCUT2D eigenvalue weighted by Crippen LogP contribution is -1.89. The molecule has 0 saturated carbocycles. The fourth-order valence-corrected chi connectivity index (χ4v) is 1.42. The van der Waals surface area contributed by atoms with Crippen molar-refractivity contribution in [2.75, 3.05) is 14.2 Å². The second-order valence-corrected chi connectivity index (χ2v) is 3.33. The van der Waals surface area contributed by atoms with Gasteiger partial charge in [0.05, 0.1) is 14.2 Å². The Labute approximate surface area is 86.3 Å². The smallest absolute Gasteiger partial charge is 0.120 e. The van der Waals surface area contributed by atoms with E-state index in [2.05, 4.69) is 22.5 Å². The number of hydrogen-bond donors (Lipinski definition) is 0. The van der Waals surface area contributed by atoms with Crippen LogP contribution < -0.4 is 4.74 Å². The second-order valence-electron chi connectivity index (χ2n) is 2.47. The lowest BCUT2D eigenvalue weighted by atomic mass is 10.2. The van der Waals surface area contributed by atoms with Crippen molar-refractivity contribution in [3.05, 3.63) is 34.8 Å². The number of hydrogen-bond acceptors (Lipinski definition) is 2. The summed E-state index contributed by atoms with van der Waals surface area (Å²) in [4.78, 5) is 0. The molecule has 1 aromatic rings. The summed E-state index contributed by atoms with van der Waals surface area (Å²) in [6.45, 7) is 3.77. The summed E-state index contributed by atoms with van der Waals surface area (Å²) in [5.74, 6) is 1.40. The van der Waals surface area contributed by atoms with E-state index in [1.165, 1.54) is 0 Å². The Kier molecular flexibility index (Phi) is 3.37. The van der Waals surface area contributed by atoms with Crippen molar-refractivity contribution < 1.29 is 9.47 Å². The SMILES string of the molecule is C=C(OC)c1cc(OC)ccc1Br. The molecule has 0 aliphatic rings. The fraction of sp³-hybridized carbons (Fsp3) is 0.200. The normalized spacial score (nSPS) is 9.46. The van der Waals surface area contributed by atoms with Gasteiger partial charge in [-0.3, -0.25) is 0 Å². The highest BCUT2D eigenvalue weighted by atomic mass is 79.9. The number of rotatable bonds is 3. The molecule has 0 amide bonds. The number of benzene rings is 1. The molecule has 0 saturated heterocycles. The van der Waals surface area contributed by atoms with E-state index in [1.54, 1.807) is 14.2 Å². The van der Waals surface area contributed by atoms with Crippen LogP contribution in [-0.4, -0.2) is 14.2 Å². The second kappa shape index (κ2) is 4.33. The first kappa shape index (κ1) is 10.1. The summed E-state index contributed by atoms with van der Waals surface area (Å²) in [5.41, 5.74) is 0.904. The van der Waals surface area contributed by atoms with Crippen LogP contribution >= 0.6 is 15.9 Å². The molecule has 1 rings (SSSR count). The minimum atomic E-state index is 0.616. The Morgan fingerprint density at radius 3 is 2.62 bits per heavy atom. The van der Waals surface area contributed by atoms with Gasteiger partial charge in [0.1, 0.15) is 11.5 Å². The third-order valence-corrected chi connectivity index (χ3v) is 2.41. The topological polar surface area (TPSA) is 18.5 Å². The molecule has 0 radical (unpaired) electrons. The molecule has 13 heavy (non-hydrogen) atoms. The van der Waals surface area contributed by atoms with Gasteiger partial charge < -0.3 is 9.47 Å². The van der Waals surface area contributed by atoms with Crippen molar-refractivity contribution in [3.63, 3.8) is 0 Å². The third-order valence-electron chi connectivity index (χ3n) is 1.72. The Morgan fingerprint density at radius 2 is 2.08 bits per heavy atom. The highest BCUT2D eigenvalue weighted by Gasteiger charge is 2.05. The van der Waals surface area contributed by atoms with Gasteiger partial charge in [-0.2, -0.15) is 0 Å². The Hall–Kier alpha value is -0.960. The van der Waals surface area contributed by atoms with Crippen LogP contribution in [0, 0.1) is 0 Å². The van der Waals surface area contributed by atoms with Gasteiger partial charge in [0.2, 0.25) is 0 Å². The van der Waals surface area contributed by atoms with E-state index in [4.69, 9.17) is 9.47 Å². The Morgan fingerprint density at radius 1 is 1.38 bits per heavy atom. The number of ether oxygens (including phenoxy) is 2. The Balaban J connectivity index is 3.11. The minimum absolute atomic E-state index is 0.616. The molecule has 0 aliphatic heterocycles. The summed E-state index contributed by atoms with van der Waals surface area (Å²) in [7, 11) is 3.22. The molecular weight excluding hydrogens is 232 g/mol. The van der Waals surface area contributed by atoms with E-state index in [0.29, 0.717) is 5.76 Å². The lowest BCUT2D eigenvalue weighted by Gasteiger charge is -2.08. The van der Waals surface area contributed by atoms with Crippen molar-refractivity contribution in [2.24, 2.45) is 0 Å². The highest BCUT2D eigenvalue weighted by Crippen LogP contribution is 2.27. The van der Waals surface area contributed by atoms with Crippen molar-refractivity contribution in [1.82, 2.24) is 0 Å². The third kappa shape index (κ3) is 2.25. The van der Waals surface area contributed by atoms with E-state index < -0.39 is 0 Å². The van der Waals surface area contributed by atoms with Gasteiger partial charge in [0.25, 0.3) is 0 Å². The van der Waals surface area contributed by atoms with Crippen LogP contribution in [0.4, 0.5) is 0 Å². The molecule has 0 heterocycles. The van der Waals surface area contributed by atoms with Crippen LogP contribution in [0.5, 0.6) is 5.75 Å². The van der Waals surface area contributed by atoms with Crippen molar-refractivity contribution >= 4 is 21.7 Å². The maximum atomic E-state index is 5.09. The van der Waals surface area contributed by atoms with Crippen LogP contribution in [0.15, 0.2) is 29.3 Å². The molecule has 3 heteroatoms. The fourth-order valence-electron chi connectivity index (χ4n) is 0.955. The summed E-state index contributed by atoms with van der Waals surface area (Å²) in [6.07, 6.45) is 0. The molecule has 1 aromatic carbocycles. The zero-order chi connectivity index (χ0) is 9.84. The van der Waals surface area contributed by atoms with Crippen LogP contribution in [0.2, 0.25) is 0 Å². The van der Waals surface area contributed by atoms with E-state index in [9.17, 15) is 0 Å². The zero-order valence-electron chi connectivity index (χ0n) is 7.63. The van der Waals surface area contributed by atoms with Crippen molar-refractivity contribution in [3.8, 4) is 5.75 Å². The van der Waals surface area contributed by atoms with Gasteiger partial charge in [-0.1, -0.05) is 22.5 Å². The average Bonchev–Trinajstić information content (AvgIpc) is 2.17. The van der Waals surface area contributed by atoms with E-state index in [-0.39, 0.29) is 0 Å². The first-order valence-electron chi connectivity index (χ1n) is 3.76. The number of halogens is 1. The lowest BCUT2D eigenvalue weighted by molar-refractivity contribution is 0.370. The van der Waals surface area contributed by atoms with Gasteiger partial charge >= 0.3 is 0 Å². The first-order valence-corrected chi connectivity index (χ1v) is 4.55. The molecular formula is C10H11BrO2. The summed E-state index contributed by atoms with van der Waals surface area (Å²) >= 11 is 3.40. The van der Waals surface area contributed by atoms with E-state index in [1.807, 2.05) is 18.2 Å². The summed E-state index contributed by atoms with van der Waals surface area (Å²) < 4.78 is 11.1. The van der Waals surface area contributed by atoms with Crippen molar-refractivity contribution in [2.45, 2.75) is 0 Å². The quantitative estimate of drug-likeness (QED) is 0.759. The molecule has 0 fully saturated rings. The standard InChI is InChI=1S/C10H11BrO2/c1-7(12-2)9-6-8(13-3)4-5-10(9)11/h4-6H,1H2,2-3H3. The maximum Gasteiger partial charge on any atom is 0.120 e. The van der Waals surface area contributed by atoms with Gasteiger partial charge in [-0.15, -0.1) is 0 Å². The molecule has 0 aromatic heterocycles. The Bertz CT molecular complexity index is 321. The molecule has 0 aliphatic carbocycles. The summed E-state index contributed by atoms with van der Waals surface area (Å²) in [5, 5.41) is 0. The van der Waals surface area contributed by atoms with Crippen LogP contribution in [-0.2, 0) is 4.74 Å². The number of methoxy groups -OCH3 is 2. The molecule has 70 valence electrons. The average molecular weight is 243 g/mol. The molecule has 0 spiro atoms. The predicted octanol–water partition coefficient (Wildman–Crippen LogP) is 3.07. The predicted molar refractivity (Wildman–Crippen MR) is 56.7 cm³/mol. The molecule has 0 atom stereocenters. The van der Waals surface area contributed by atoms with Gasteiger partial charge in [0, 0.05) is 10.0 Å². The largest absolute Gasteiger partial charge is 0.497 e. The zero-order valence-corrected chi connectivity index (χ0v) is 9.22. The highest BCUT2D eigenvalue weighted by molar-refractivity contribution is 9.10. The molecule has 0 bridgehead atoms. The monoisotopic (exact) mass is 242 g/mol. The van der Waals surface area contributed by atoms with Gasteiger partial charge in [0.15, 0.2) is 0 Å². The maximum absolute atomic E-state index is 5.09. The van der Waals surface area contributed by atoms with Gasteiger partial charge in [-0.25, -0.2) is 0 Å². The van der Waals surface area contributed by atoms with Gasteiger partial charge in [-0.05, 0) is 18.2 Å².